The normalized spacial score (nSPS) is 20.7. The minimum Gasteiger partial charge on any atom is -0.372 e. The van der Waals surface area contributed by atoms with Crippen LogP contribution in [0.3, 0.4) is 0 Å². The van der Waals surface area contributed by atoms with Crippen molar-refractivity contribution < 1.29 is 4.74 Å². The van der Waals surface area contributed by atoms with Crippen molar-refractivity contribution in [1.82, 2.24) is 9.55 Å². The van der Waals surface area contributed by atoms with Crippen LogP contribution in [0.15, 0.2) is 15.7 Å². The van der Waals surface area contributed by atoms with Gasteiger partial charge in [-0.25, -0.2) is 4.79 Å². The van der Waals surface area contributed by atoms with Crippen LogP contribution >= 0.6 is 0 Å². The first-order valence-corrected chi connectivity index (χ1v) is 5.18. The van der Waals surface area contributed by atoms with Crippen LogP contribution in [0.2, 0.25) is 0 Å². The molecule has 5 nitrogen and oxygen atoms in total. The third kappa shape index (κ3) is 1.87. The Morgan fingerprint density at radius 3 is 2.93 bits per heavy atom. The fourth-order valence-electron chi connectivity index (χ4n) is 1.83. The van der Waals surface area contributed by atoms with Gasteiger partial charge in [0.1, 0.15) is 0 Å². The lowest BCUT2D eigenvalue weighted by molar-refractivity contribution is 0.108. The van der Waals surface area contributed by atoms with Crippen molar-refractivity contribution in [3.63, 3.8) is 0 Å². The zero-order valence-corrected chi connectivity index (χ0v) is 8.66. The summed E-state index contributed by atoms with van der Waals surface area (Å²) in [6.45, 7) is 2.85. The average molecular weight is 210 g/mol. The Morgan fingerprint density at radius 1 is 1.60 bits per heavy atom. The summed E-state index contributed by atoms with van der Waals surface area (Å²) in [6, 6.07) is 1.46. The zero-order valence-electron chi connectivity index (χ0n) is 8.66. The van der Waals surface area contributed by atoms with Gasteiger partial charge in [-0.2, -0.15) is 0 Å². The van der Waals surface area contributed by atoms with E-state index >= 15 is 0 Å². The molecular weight excluding hydrogens is 196 g/mol. The molecule has 1 atom stereocenters. The van der Waals surface area contributed by atoms with Crippen LogP contribution in [0, 0.1) is 0 Å². The number of aromatic nitrogens is 2. The predicted molar refractivity (Wildman–Crippen MR) is 54.9 cm³/mol. The zero-order chi connectivity index (χ0) is 10.8. The van der Waals surface area contributed by atoms with Crippen molar-refractivity contribution in [2.45, 2.75) is 32.4 Å². The van der Waals surface area contributed by atoms with E-state index in [4.69, 9.17) is 4.74 Å². The highest BCUT2D eigenvalue weighted by molar-refractivity contribution is 5.04. The molecule has 1 aliphatic rings. The molecule has 0 unspecified atom stereocenters. The van der Waals surface area contributed by atoms with Crippen molar-refractivity contribution in [3.05, 3.63) is 32.6 Å². The Hall–Kier alpha value is -1.36. The van der Waals surface area contributed by atoms with Gasteiger partial charge < -0.3 is 9.72 Å². The second-order valence-corrected chi connectivity index (χ2v) is 3.61. The van der Waals surface area contributed by atoms with Crippen molar-refractivity contribution in [1.29, 1.82) is 0 Å². The molecule has 0 saturated carbocycles. The largest absolute Gasteiger partial charge is 0.372 e. The third-order valence-electron chi connectivity index (χ3n) is 2.63. The number of ether oxygens (including phenoxy) is 1. The summed E-state index contributed by atoms with van der Waals surface area (Å²) in [5.41, 5.74) is -0.00514. The highest BCUT2D eigenvalue weighted by atomic mass is 16.5. The predicted octanol–water partition coefficient (Wildman–Crippen LogP) is 0.408. The van der Waals surface area contributed by atoms with Crippen LogP contribution < -0.4 is 11.2 Å². The first-order chi connectivity index (χ1) is 7.22. The fraction of sp³-hybridized carbons (Fsp3) is 0.600. The number of hydrogen-bond acceptors (Lipinski definition) is 3. The lowest BCUT2D eigenvalue weighted by Gasteiger charge is -2.09. The number of aromatic amines is 1. The van der Waals surface area contributed by atoms with Gasteiger partial charge in [-0.05, 0) is 19.8 Å². The number of rotatable bonds is 2. The number of hydrogen-bond donors (Lipinski definition) is 1. The molecule has 1 aromatic rings. The van der Waals surface area contributed by atoms with Crippen molar-refractivity contribution in [2.24, 2.45) is 0 Å². The molecule has 1 N–H and O–H groups in total. The monoisotopic (exact) mass is 210 g/mol. The Bertz CT molecular complexity index is 423. The topological polar surface area (TPSA) is 64.1 Å². The van der Waals surface area contributed by atoms with Gasteiger partial charge in [-0.15, -0.1) is 0 Å². The summed E-state index contributed by atoms with van der Waals surface area (Å²) in [7, 11) is 0. The standard InChI is InChI=1S/C10H14N2O3/c1-2-12-9(13)6-7(11-10(12)14)8-4-3-5-15-8/h6,8H,2-5H2,1H3,(H,11,14)/t8-/m0/s1. The maximum atomic E-state index is 11.5. The van der Waals surface area contributed by atoms with Gasteiger partial charge in [0.05, 0.1) is 11.8 Å². The minimum atomic E-state index is -0.351. The molecule has 0 amide bonds. The van der Waals surface area contributed by atoms with Crippen LogP contribution in [0.25, 0.3) is 0 Å². The second-order valence-electron chi connectivity index (χ2n) is 3.61. The van der Waals surface area contributed by atoms with E-state index in [1.807, 2.05) is 0 Å². The van der Waals surface area contributed by atoms with E-state index in [-0.39, 0.29) is 17.4 Å². The molecular formula is C10H14N2O3. The molecule has 0 spiro atoms. The Labute approximate surface area is 86.7 Å². The third-order valence-corrected chi connectivity index (χ3v) is 2.63. The Kier molecular flexibility index (Phi) is 2.73. The molecule has 2 rings (SSSR count). The molecule has 82 valence electrons. The summed E-state index contributed by atoms with van der Waals surface area (Å²) < 4.78 is 6.57. The van der Waals surface area contributed by atoms with Crippen molar-refractivity contribution in [3.8, 4) is 0 Å². The highest BCUT2D eigenvalue weighted by Gasteiger charge is 2.19. The molecule has 5 heteroatoms. The molecule has 0 bridgehead atoms. The summed E-state index contributed by atoms with van der Waals surface area (Å²) in [5.74, 6) is 0. The van der Waals surface area contributed by atoms with Gasteiger partial charge in [0.25, 0.3) is 5.56 Å². The fourth-order valence-corrected chi connectivity index (χ4v) is 1.83. The van der Waals surface area contributed by atoms with E-state index in [2.05, 4.69) is 4.98 Å². The van der Waals surface area contributed by atoms with E-state index in [1.165, 1.54) is 10.6 Å². The van der Waals surface area contributed by atoms with Gasteiger partial charge in [-0.1, -0.05) is 0 Å². The van der Waals surface area contributed by atoms with Gasteiger partial charge in [-0.3, -0.25) is 9.36 Å². The lowest BCUT2D eigenvalue weighted by Crippen LogP contribution is -2.35. The molecule has 1 aliphatic heterocycles. The van der Waals surface area contributed by atoms with E-state index in [9.17, 15) is 9.59 Å². The van der Waals surface area contributed by atoms with Crippen LogP contribution in [-0.4, -0.2) is 16.2 Å². The summed E-state index contributed by atoms with van der Waals surface area (Å²) >= 11 is 0. The minimum absolute atomic E-state index is 0.114. The quantitative estimate of drug-likeness (QED) is 0.768. The van der Waals surface area contributed by atoms with Crippen LogP contribution in [0.1, 0.15) is 31.6 Å². The molecule has 2 heterocycles. The molecule has 0 aliphatic carbocycles. The SMILES string of the molecule is CCn1c(=O)cc([C@@H]2CCCO2)[nH]c1=O. The molecule has 15 heavy (non-hydrogen) atoms. The number of nitrogens with zero attached hydrogens (tertiary/aromatic N) is 1. The van der Waals surface area contributed by atoms with Crippen LogP contribution in [0.5, 0.6) is 0 Å². The molecule has 0 radical (unpaired) electrons. The van der Waals surface area contributed by atoms with Crippen LogP contribution in [0.4, 0.5) is 0 Å². The summed E-state index contributed by atoms with van der Waals surface area (Å²) in [5, 5.41) is 0. The average Bonchev–Trinajstić information content (AvgIpc) is 2.69. The molecule has 1 saturated heterocycles. The van der Waals surface area contributed by atoms with Gasteiger partial charge in [0, 0.05) is 19.2 Å². The van der Waals surface area contributed by atoms with Crippen molar-refractivity contribution >= 4 is 0 Å². The Morgan fingerprint density at radius 2 is 2.40 bits per heavy atom. The van der Waals surface area contributed by atoms with Crippen molar-refractivity contribution in [2.75, 3.05) is 6.61 Å². The number of nitrogens with one attached hydrogen (secondary N) is 1. The Balaban J connectivity index is 2.43. The summed E-state index contributed by atoms with van der Waals surface area (Å²) in [4.78, 5) is 25.7. The van der Waals surface area contributed by atoms with E-state index in [0.717, 1.165) is 12.8 Å². The maximum absolute atomic E-state index is 11.5. The van der Waals surface area contributed by atoms with E-state index < -0.39 is 0 Å². The number of H-pyrrole nitrogens is 1. The first-order valence-electron chi connectivity index (χ1n) is 5.18. The highest BCUT2D eigenvalue weighted by Crippen LogP contribution is 2.25. The summed E-state index contributed by atoms with van der Waals surface area (Å²) in [6.07, 6.45) is 1.73. The van der Waals surface area contributed by atoms with Gasteiger partial charge in [0.15, 0.2) is 0 Å². The maximum Gasteiger partial charge on any atom is 0.328 e. The second kappa shape index (κ2) is 4.02. The lowest BCUT2D eigenvalue weighted by atomic mass is 10.2. The van der Waals surface area contributed by atoms with E-state index in [1.54, 1.807) is 6.92 Å². The van der Waals surface area contributed by atoms with Gasteiger partial charge in [0.2, 0.25) is 0 Å². The molecule has 1 aromatic heterocycles. The molecule has 0 aromatic carbocycles. The van der Waals surface area contributed by atoms with Gasteiger partial charge >= 0.3 is 5.69 Å². The van der Waals surface area contributed by atoms with E-state index in [0.29, 0.717) is 18.8 Å². The van der Waals surface area contributed by atoms with Crippen LogP contribution in [-0.2, 0) is 11.3 Å². The molecule has 1 fully saturated rings. The first kappa shape index (κ1) is 10.2. The smallest absolute Gasteiger partial charge is 0.328 e.